The second-order valence-electron chi connectivity index (χ2n) is 2.42. The highest BCUT2D eigenvalue weighted by Gasteiger charge is 1.97. The van der Waals surface area contributed by atoms with Crippen LogP contribution in [-0.4, -0.2) is 5.33 Å². The number of allylic oxidation sites excluding steroid dienone is 2. The summed E-state index contributed by atoms with van der Waals surface area (Å²) in [5, 5.41) is 0.364. The van der Waals surface area contributed by atoms with Crippen molar-refractivity contribution in [2.24, 2.45) is 0 Å². The Morgan fingerprint density at radius 1 is 1.50 bits per heavy atom. The van der Waals surface area contributed by atoms with Gasteiger partial charge >= 0.3 is 0 Å². The first-order chi connectivity index (χ1) is 4.72. The second-order valence-corrected chi connectivity index (χ2v) is 2.98. The molecule has 0 nitrogen and oxygen atoms in total. The van der Waals surface area contributed by atoms with Crippen LogP contribution in [0, 0.1) is 0 Å². The lowest BCUT2D eigenvalue weighted by atomic mass is 10.1. The molecule has 0 N–H and O–H groups in total. The molecule has 0 bridgehead atoms. The van der Waals surface area contributed by atoms with Crippen molar-refractivity contribution in [1.82, 2.24) is 0 Å². The van der Waals surface area contributed by atoms with Gasteiger partial charge in [0.25, 0.3) is 0 Å². The summed E-state index contributed by atoms with van der Waals surface area (Å²) in [6, 6.07) is 0. The molecule has 0 aromatic carbocycles. The maximum absolute atomic E-state index is 12.7. The van der Waals surface area contributed by atoms with Gasteiger partial charge in [-0.3, -0.25) is 0 Å². The van der Waals surface area contributed by atoms with Crippen LogP contribution in [0.3, 0.4) is 0 Å². The summed E-state index contributed by atoms with van der Waals surface area (Å²) in [7, 11) is 0. The fraction of sp³-hybridized carbons (Fsp3) is 0.750. The van der Waals surface area contributed by atoms with Crippen LogP contribution in [0.25, 0.3) is 0 Å². The Hall–Kier alpha value is 0.150. The first-order valence-electron chi connectivity index (χ1n) is 3.62. The van der Waals surface area contributed by atoms with E-state index in [2.05, 4.69) is 22.9 Å². The molecule has 60 valence electrons. The number of unbranched alkanes of at least 4 members (excludes halogenated alkanes) is 1. The maximum atomic E-state index is 12.7. The fourth-order valence-electron chi connectivity index (χ4n) is 0.692. The van der Waals surface area contributed by atoms with Crippen LogP contribution in [0.4, 0.5) is 4.39 Å². The molecule has 0 aliphatic heterocycles. The molecule has 0 amide bonds. The molecule has 0 aromatic heterocycles. The molecule has 0 unspecified atom stereocenters. The predicted molar refractivity (Wildman–Crippen MR) is 47.1 cm³/mol. The van der Waals surface area contributed by atoms with E-state index in [1.807, 2.05) is 6.92 Å². The Labute approximate surface area is 70.6 Å². The van der Waals surface area contributed by atoms with Gasteiger partial charge in [0.1, 0.15) is 5.83 Å². The van der Waals surface area contributed by atoms with Crippen LogP contribution in [-0.2, 0) is 0 Å². The van der Waals surface area contributed by atoms with Gasteiger partial charge in [-0.05, 0) is 25.3 Å². The lowest BCUT2D eigenvalue weighted by Gasteiger charge is -1.99. The topological polar surface area (TPSA) is 0 Å². The molecule has 0 rings (SSSR count). The SMILES string of the molecule is CCCC/C(C)=C(/F)CBr. The monoisotopic (exact) mass is 208 g/mol. The van der Waals surface area contributed by atoms with E-state index in [0.717, 1.165) is 24.8 Å². The van der Waals surface area contributed by atoms with E-state index >= 15 is 0 Å². The van der Waals surface area contributed by atoms with Gasteiger partial charge in [0.2, 0.25) is 0 Å². The van der Waals surface area contributed by atoms with Gasteiger partial charge in [-0.2, -0.15) is 0 Å². The highest BCUT2D eigenvalue weighted by molar-refractivity contribution is 9.09. The third-order valence-corrected chi connectivity index (χ3v) is 1.98. The van der Waals surface area contributed by atoms with Crippen LogP contribution >= 0.6 is 15.9 Å². The summed E-state index contributed by atoms with van der Waals surface area (Å²) in [6.07, 6.45) is 3.12. The fourth-order valence-corrected chi connectivity index (χ4v) is 1.17. The first kappa shape index (κ1) is 10.2. The number of alkyl halides is 1. The zero-order chi connectivity index (χ0) is 7.98. The summed E-state index contributed by atoms with van der Waals surface area (Å²) in [5.41, 5.74) is 0.888. The van der Waals surface area contributed by atoms with Gasteiger partial charge in [0.05, 0.1) is 5.33 Å². The normalized spacial score (nSPS) is 13.2. The van der Waals surface area contributed by atoms with E-state index in [4.69, 9.17) is 0 Å². The third-order valence-electron chi connectivity index (χ3n) is 1.49. The molecule has 2 heteroatoms. The number of rotatable bonds is 4. The summed E-state index contributed by atoms with van der Waals surface area (Å²) in [6.45, 7) is 3.96. The van der Waals surface area contributed by atoms with Gasteiger partial charge in [0.15, 0.2) is 0 Å². The molecule has 0 saturated heterocycles. The average Bonchev–Trinajstić information content (AvgIpc) is 1.98. The molecule has 0 aliphatic carbocycles. The van der Waals surface area contributed by atoms with Crippen molar-refractivity contribution in [1.29, 1.82) is 0 Å². The van der Waals surface area contributed by atoms with Gasteiger partial charge < -0.3 is 0 Å². The number of hydrogen-bond donors (Lipinski definition) is 0. The van der Waals surface area contributed by atoms with Crippen molar-refractivity contribution in [2.75, 3.05) is 5.33 Å². The van der Waals surface area contributed by atoms with E-state index in [-0.39, 0.29) is 5.83 Å². The van der Waals surface area contributed by atoms with Crippen LogP contribution < -0.4 is 0 Å². The molecule has 0 aromatic rings. The highest BCUT2D eigenvalue weighted by Crippen LogP contribution is 2.14. The molecule has 0 fully saturated rings. The molecule has 0 aliphatic rings. The van der Waals surface area contributed by atoms with Gasteiger partial charge in [-0.15, -0.1) is 0 Å². The van der Waals surface area contributed by atoms with E-state index in [1.165, 1.54) is 0 Å². The molecule has 0 saturated carbocycles. The molecule has 0 radical (unpaired) electrons. The van der Waals surface area contributed by atoms with E-state index < -0.39 is 0 Å². The second kappa shape index (κ2) is 5.90. The Morgan fingerprint density at radius 2 is 2.10 bits per heavy atom. The number of hydrogen-bond acceptors (Lipinski definition) is 0. The Bertz CT molecular complexity index is 118. The smallest absolute Gasteiger partial charge is 0.109 e. The molecule has 0 heterocycles. The first-order valence-corrected chi connectivity index (χ1v) is 4.74. The minimum Gasteiger partial charge on any atom is -0.211 e. The van der Waals surface area contributed by atoms with Crippen molar-refractivity contribution in [3.8, 4) is 0 Å². The van der Waals surface area contributed by atoms with Crippen molar-refractivity contribution in [3.63, 3.8) is 0 Å². The summed E-state index contributed by atoms with van der Waals surface area (Å²) >= 11 is 3.07. The molecular weight excluding hydrogens is 195 g/mol. The van der Waals surface area contributed by atoms with Crippen LogP contribution in [0.1, 0.15) is 33.1 Å². The van der Waals surface area contributed by atoms with Gasteiger partial charge in [0, 0.05) is 0 Å². The average molecular weight is 209 g/mol. The Balaban J connectivity index is 3.68. The van der Waals surface area contributed by atoms with E-state index in [1.54, 1.807) is 0 Å². The zero-order valence-electron chi connectivity index (χ0n) is 6.58. The maximum Gasteiger partial charge on any atom is 0.109 e. The zero-order valence-corrected chi connectivity index (χ0v) is 8.17. The van der Waals surface area contributed by atoms with Crippen molar-refractivity contribution >= 4 is 15.9 Å². The van der Waals surface area contributed by atoms with Crippen molar-refractivity contribution in [3.05, 3.63) is 11.4 Å². The molecule has 0 spiro atoms. The molecule has 0 atom stereocenters. The van der Waals surface area contributed by atoms with Gasteiger partial charge in [-0.25, -0.2) is 4.39 Å². The quantitative estimate of drug-likeness (QED) is 0.617. The van der Waals surface area contributed by atoms with E-state index in [0.29, 0.717) is 5.33 Å². The standard InChI is InChI=1S/C8H14BrF/c1-3-4-5-7(2)8(10)6-9/h3-6H2,1-2H3/b8-7+. The summed E-state index contributed by atoms with van der Waals surface area (Å²) in [5.74, 6) is -0.00606. The molecule has 10 heavy (non-hydrogen) atoms. The minimum absolute atomic E-state index is 0.00606. The number of halogens is 2. The lowest BCUT2D eigenvalue weighted by molar-refractivity contribution is 0.618. The van der Waals surface area contributed by atoms with E-state index in [9.17, 15) is 4.39 Å². The Morgan fingerprint density at radius 3 is 2.50 bits per heavy atom. The van der Waals surface area contributed by atoms with Gasteiger partial charge in [-0.1, -0.05) is 29.3 Å². The predicted octanol–water partition coefficient (Wildman–Crippen LogP) is 3.82. The van der Waals surface area contributed by atoms with Crippen molar-refractivity contribution in [2.45, 2.75) is 33.1 Å². The van der Waals surface area contributed by atoms with Crippen LogP contribution in [0.5, 0.6) is 0 Å². The molecular formula is C8H14BrF. The minimum atomic E-state index is -0.00606. The van der Waals surface area contributed by atoms with Crippen LogP contribution in [0.15, 0.2) is 11.4 Å². The lowest BCUT2D eigenvalue weighted by Crippen LogP contribution is -1.84. The largest absolute Gasteiger partial charge is 0.211 e. The Kier molecular flexibility index (Phi) is 5.99. The van der Waals surface area contributed by atoms with Crippen LogP contribution in [0.2, 0.25) is 0 Å². The third kappa shape index (κ3) is 4.04. The summed E-state index contributed by atoms with van der Waals surface area (Å²) in [4.78, 5) is 0. The summed E-state index contributed by atoms with van der Waals surface area (Å²) < 4.78 is 12.7. The van der Waals surface area contributed by atoms with Crippen molar-refractivity contribution < 1.29 is 4.39 Å². The highest BCUT2D eigenvalue weighted by atomic mass is 79.9.